The fourth-order valence-corrected chi connectivity index (χ4v) is 5.95. The fraction of sp³-hybridized carbons (Fsp3) is 0.172. The van der Waals surface area contributed by atoms with Crippen molar-refractivity contribution in [1.82, 2.24) is 4.57 Å². The zero-order valence-electron chi connectivity index (χ0n) is 21.9. The molecule has 0 saturated heterocycles. The average Bonchev–Trinajstić information content (AvgIpc) is 3.51. The molecule has 1 aliphatic rings. The Morgan fingerprint density at radius 2 is 1.93 bits per heavy atom. The van der Waals surface area contributed by atoms with E-state index in [-0.39, 0.29) is 11.1 Å². The molecule has 5 rings (SSSR count). The largest absolute Gasteiger partial charge is 0.496 e. The van der Waals surface area contributed by atoms with Crippen LogP contribution in [-0.4, -0.2) is 35.8 Å². The van der Waals surface area contributed by atoms with Crippen molar-refractivity contribution in [2.75, 3.05) is 14.2 Å². The van der Waals surface area contributed by atoms with Crippen molar-refractivity contribution in [3.63, 3.8) is 0 Å². The number of carbonyl (C=O) groups is 2. The molecule has 4 aromatic rings. The summed E-state index contributed by atoms with van der Waals surface area (Å²) in [5.41, 5.74) is 2.08. The van der Waals surface area contributed by atoms with Crippen molar-refractivity contribution in [2.24, 2.45) is 4.99 Å². The van der Waals surface area contributed by atoms with Crippen LogP contribution in [-0.2, 0) is 9.53 Å². The molecule has 0 amide bonds. The number of aromatic carboxylic acids is 1. The molecular formula is C29H23ClN2O7S. The van der Waals surface area contributed by atoms with E-state index in [2.05, 4.69) is 4.99 Å². The first-order valence-electron chi connectivity index (χ1n) is 12.0. The molecule has 1 atom stereocenters. The Morgan fingerprint density at radius 1 is 1.15 bits per heavy atom. The molecular weight excluding hydrogens is 556 g/mol. The quantitative estimate of drug-likeness (QED) is 0.338. The predicted molar refractivity (Wildman–Crippen MR) is 150 cm³/mol. The van der Waals surface area contributed by atoms with Gasteiger partial charge in [-0.2, -0.15) is 0 Å². The highest BCUT2D eigenvalue weighted by Gasteiger charge is 2.35. The van der Waals surface area contributed by atoms with Crippen molar-refractivity contribution in [1.29, 1.82) is 0 Å². The molecule has 204 valence electrons. The second-order valence-electron chi connectivity index (χ2n) is 8.94. The monoisotopic (exact) mass is 578 g/mol. The maximum Gasteiger partial charge on any atom is 0.338 e. The standard InChI is InChI=1S/C29H23ClN2O7S/c1-14-18(6-5-7-19(14)27(34)35)22-11-9-17(39-22)13-23-26(33)32-25(20-12-16(30)8-10-21(20)37-3)24(28(36)38-4)15(2)31-29(32)40-23/h5-13,25H,1-4H3,(H,34,35)/b23-13-/t25-/m0/s1. The highest BCUT2D eigenvalue weighted by molar-refractivity contribution is 7.07. The van der Waals surface area contributed by atoms with Crippen LogP contribution in [0.2, 0.25) is 5.02 Å². The van der Waals surface area contributed by atoms with E-state index in [1.807, 2.05) is 0 Å². The number of carboxylic acids is 1. The number of carboxylic acid groups (broad SMARTS) is 1. The van der Waals surface area contributed by atoms with Gasteiger partial charge in [-0.1, -0.05) is 35.1 Å². The first-order chi connectivity index (χ1) is 19.1. The van der Waals surface area contributed by atoms with Gasteiger partial charge in [-0.15, -0.1) is 0 Å². The fourth-order valence-electron chi connectivity index (χ4n) is 4.74. The number of furan rings is 1. The summed E-state index contributed by atoms with van der Waals surface area (Å²) in [5.74, 6) is -0.363. The lowest BCUT2D eigenvalue weighted by Gasteiger charge is -2.25. The van der Waals surface area contributed by atoms with Gasteiger partial charge in [0, 0.05) is 22.2 Å². The highest BCUT2D eigenvalue weighted by Crippen LogP contribution is 2.37. The number of halogens is 1. The molecule has 3 heterocycles. The van der Waals surface area contributed by atoms with Gasteiger partial charge >= 0.3 is 11.9 Å². The van der Waals surface area contributed by atoms with Crippen molar-refractivity contribution in [2.45, 2.75) is 19.9 Å². The summed E-state index contributed by atoms with van der Waals surface area (Å²) in [6.45, 7) is 3.39. The number of hydrogen-bond donors (Lipinski definition) is 1. The van der Waals surface area contributed by atoms with Crippen LogP contribution in [0.15, 0.2) is 74.0 Å². The van der Waals surface area contributed by atoms with E-state index in [0.29, 0.717) is 54.0 Å². The summed E-state index contributed by atoms with van der Waals surface area (Å²) < 4.78 is 18.3. The van der Waals surface area contributed by atoms with E-state index in [9.17, 15) is 19.5 Å². The van der Waals surface area contributed by atoms with Crippen molar-refractivity contribution in [3.05, 3.63) is 107 Å². The van der Waals surface area contributed by atoms with Gasteiger partial charge in [-0.3, -0.25) is 9.36 Å². The van der Waals surface area contributed by atoms with E-state index >= 15 is 0 Å². The van der Waals surface area contributed by atoms with Crippen LogP contribution in [0.25, 0.3) is 17.4 Å². The molecule has 0 aliphatic carbocycles. The van der Waals surface area contributed by atoms with Gasteiger partial charge in [0.1, 0.15) is 23.3 Å². The second kappa shape index (κ2) is 10.6. The Bertz CT molecular complexity index is 1900. The molecule has 0 bridgehead atoms. The zero-order chi connectivity index (χ0) is 28.7. The lowest BCUT2D eigenvalue weighted by Crippen LogP contribution is -2.40. The number of thiazole rings is 1. The minimum Gasteiger partial charge on any atom is -0.496 e. The van der Waals surface area contributed by atoms with Crippen LogP contribution < -0.4 is 19.6 Å². The Labute approximate surface area is 236 Å². The number of fused-ring (bicyclic) bond motifs is 1. The topological polar surface area (TPSA) is 120 Å². The van der Waals surface area contributed by atoms with Crippen molar-refractivity contribution < 1.29 is 28.6 Å². The number of carbonyl (C=O) groups excluding carboxylic acids is 1. The number of methoxy groups -OCH3 is 2. The third-order valence-electron chi connectivity index (χ3n) is 6.64. The Morgan fingerprint density at radius 3 is 2.62 bits per heavy atom. The van der Waals surface area contributed by atoms with Crippen LogP contribution in [0.1, 0.15) is 40.2 Å². The lowest BCUT2D eigenvalue weighted by atomic mass is 9.95. The van der Waals surface area contributed by atoms with Crippen LogP contribution in [0.4, 0.5) is 0 Å². The van der Waals surface area contributed by atoms with Gasteiger partial charge in [0.05, 0.1) is 35.6 Å². The second-order valence-corrected chi connectivity index (χ2v) is 10.4. The summed E-state index contributed by atoms with van der Waals surface area (Å²) >= 11 is 7.46. The van der Waals surface area contributed by atoms with Crippen LogP contribution in [0, 0.1) is 6.92 Å². The van der Waals surface area contributed by atoms with Gasteiger partial charge in [0.15, 0.2) is 4.80 Å². The summed E-state index contributed by atoms with van der Waals surface area (Å²) in [6, 6.07) is 12.4. The number of benzene rings is 2. The van der Waals surface area contributed by atoms with Crippen LogP contribution >= 0.6 is 22.9 Å². The molecule has 0 unspecified atom stereocenters. The summed E-state index contributed by atoms with van der Waals surface area (Å²) in [4.78, 5) is 43.2. The number of rotatable bonds is 6. The van der Waals surface area contributed by atoms with Crippen LogP contribution in [0.3, 0.4) is 0 Å². The molecule has 1 N–H and O–H groups in total. The molecule has 9 nitrogen and oxygen atoms in total. The third-order valence-corrected chi connectivity index (χ3v) is 7.86. The van der Waals surface area contributed by atoms with Gasteiger partial charge in [0.2, 0.25) is 0 Å². The van der Waals surface area contributed by atoms with E-state index in [1.165, 1.54) is 24.9 Å². The number of aromatic nitrogens is 1. The number of ether oxygens (including phenoxy) is 2. The molecule has 11 heteroatoms. The molecule has 1 aliphatic heterocycles. The van der Waals surface area contributed by atoms with E-state index in [1.54, 1.807) is 62.4 Å². The van der Waals surface area contributed by atoms with Gasteiger partial charge in [-0.25, -0.2) is 14.6 Å². The number of esters is 1. The number of hydrogen-bond acceptors (Lipinski definition) is 8. The highest BCUT2D eigenvalue weighted by atomic mass is 35.5. The number of allylic oxidation sites excluding steroid dienone is 1. The molecule has 40 heavy (non-hydrogen) atoms. The molecule has 0 spiro atoms. The molecule has 0 saturated carbocycles. The minimum absolute atomic E-state index is 0.178. The maximum absolute atomic E-state index is 13.8. The Kier molecular flexibility index (Phi) is 7.22. The molecule has 2 aromatic carbocycles. The molecule has 2 aromatic heterocycles. The molecule has 0 fully saturated rings. The first-order valence-corrected chi connectivity index (χ1v) is 13.2. The maximum atomic E-state index is 13.8. The SMILES string of the molecule is COC(=O)C1=C(C)N=c2s/c(=C\c3ccc(-c4cccc(C(=O)O)c4C)o3)c(=O)n2[C@H]1c1cc(Cl)ccc1OC. The van der Waals surface area contributed by atoms with E-state index in [4.69, 9.17) is 25.5 Å². The zero-order valence-corrected chi connectivity index (χ0v) is 23.4. The van der Waals surface area contributed by atoms with E-state index < -0.39 is 23.5 Å². The summed E-state index contributed by atoms with van der Waals surface area (Å²) in [6.07, 6.45) is 1.59. The third kappa shape index (κ3) is 4.65. The smallest absolute Gasteiger partial charge is 0.338 e. The first kappa shape index (κ1) is 27.2. The summed E-state index contributed by atoms with van der Waals surface area (Å²) in [5, 5.41) is 9.86. The average molecular weight is 579 g/mol. The van der Waals surface area contributed by atoms with Gasteiger partial charge < -0.3 is 19.0 Å². The minimum atomic E-state index is -1.03. The summed E-state index contributed by atoms with van der Waals surface area (Å²) in [7, 11) is 2.76. The lowest BCUT2D eigenvalue weighted by molar-refractivity contribution is -0.136. The van der Waals surface area contributed by atoms with Gasteiger partial charge in [0.25, 0.3) is 5.56 Å². The van der Waals surface area contributed by atoms with Crippen molar-refractivity contribution >= 4 is 41.0 Å². The Balaban J connectivity index is 1.67. The molecule has 0 radical (unpaired) electrons. The van der Waals surface area contributed by atoms with Gasteiger partial charge in [-0.05, 0) is 55.8 Å². The Hall–Kier alpha value is -4.41. The van der Waals surface area contributed by atoms with Crippen LogP contribution in [0.5, 0.6) is 5.75 Å². The predicted octanol–water partition coefficient (Wildman–Crippen LogP) is 4.34. The normalized spacial score (nSPS) is 15.0. The van der Waals surface area contributed by atoms with Crippen molar-refractivity contribution in [3.8, 4) is 17.1 Å². The van der Waals surface area contributed by atoms with E-state index in [0.717, 1.165) is 11.3 Å². The number of nitrogens with zero attached hydrogens (tertiary/aromatic N) is 2.